The van der Waals surface area contributed by atoms with E-state index in [1.165, 1.54) is 6.42 Å². The number of carbonyl (C=O) groups excluding carboxylic acids is 1. The molecule has 1 saturated heterocycles. The number of rotatable bonds is 1. The molecule has 0 aromatic heterocycles. The summed E-state index contributed by atoms with van der Waals surface area (Å²) in [5.74, 6) is 0.804. The molecular weight excluding hydrogens is 138 g/mol. The first kappa shape index (κ1) is 7.14. The highest BCUT2D eigenvalue weighted by molar-refractivity contribution is 5.82. The molecule has 0 unspecified atom stereocenters. The van der Waals surface area contributed by atoms with Crippen molar-refractivity contribution in [2.75, 3.05) is 0 Å². The molecule has 0 aromatic carbocycles. The minimum absolute atomic E-state index is 0.391. The minimum atomic E-state index is 0.391. The molecule has 2 aliphatic rings. The molecule has 2 atom stereocenters. The number of amides is 1. The van der Waals surface area contributed by atoms with Crippen LogP contribution in [0.4, 0.5) is 0 Å². The van der Waals surface area contributed by atoms with Crippen molar-refractivity contribution in [1.82, 2.24) is 4.90 Å². The number of likely N-dealkylation sites (tertiary alicyclic amines) is 1. The van der Waals surface area contributed by atoms with Gasteiger partial charge in [-0.3, -0.25) is 4.79 Å². The van der Waals surface area contributed by atoms with Crippen LogP contribution in [0.3, 0.4) is 0 Å². The van der Waals surface area contributed by atoms with Crippen LogP contribution in [0.25, 0.3) is 0 Å². The van der Waals surface area contributed by atoms with E-state index in [-0.39, 0.29) is 0 Å². The normalized spacial score (nSPS) is 35.9. The van der Waals surface area contributed by atoms with Gasteiger partial charge in [0.15, 0.2) is 0 Å². The maximum Gasteiger partial charge on any atom is 0.226 e. The van der Waals surface area contributed by atoms with Crippen LogP contribution in [-0.2, 0) is 4.79 Å². The summed E-state index contributed by atoms with van der Waals surface area (Å²) in [6, 6.07) is 1.00. The molecule has 0 aromatic rings. The van der Waals surface area contributed by atoms with E-state index in [4.69, 9.17) is 0 Å². The van der Waals surface area contributed by atoms with Gasteiger partial charge in [0.2, 0.25) is 5.91 Å². The molecule has 2 heteroatoms. The van der Waals surface area contributed by atoms with Gasteiger partial charge in [0, 0.05) is 18.0 Å². The summed E-state index contributed by atoms with van der Waals surface area (Å²) in [4.78, 5) is 13.6. The van der Waals surface area contributed by atoms with Gasteiger partial charge in [-0.2, -0.15) is 0 Å². The summed E-state index contributed by atoms with van der Waals surface area (Å²) in [7, 11) is 0. The number of fused-ring (bicyclic) bond motifs is 2. The Bertz CT molecular complexity index is 188. The lowest BCUT2D eigenvalue weighted by Gasteiger charge is -2.30. The Morgan fingerprint density at radius 1 is 1.45 bits per heavy atom. The Balaban J connectivity index is 2.18. The highest BCUT2D eigenvalue weighted by Gasteiger charge is 2.45. The van der Waals surface area contributed by atoms with Crippen LogP contribution in [0, 0.1) is 5.92 Å². The lowest BCUT2D eigenvalue weighted by Crippen LogP contribution is -2.41. The fraction of sp³-hybridized carbons (Fsp3) is 0.889. The molecule has 0 N–H and O–H groups in total. The second-order valence-corrected chi connectivity index (χ2v) is 4.00. The van der Waals surface area contributed by atoms with Gasteiger partial charge in [-0.05, 0) is 33.1 Å². The van der Waals surface area contributed by atoms with Crippen molar-refractivity contribution < 1.29 is 4.79 Å². The first-order valence-electron chi connectivity index (χ1n) is 4.52. The fourth-order valence-corrected chi connectivity index (χ4v) is 2.50. The molecule has 1 amide bonds. The van der Waals surface area contributed by atoms with Crippen LogP contribution < -0.4 is 0 Å². The van der Waals surface area contributed by atoms with Crippen molar-refractivity contribution in [3.05, 3.63) is 0 Å². The van der Waals surface area contributed by atoms with Crippen molar-refractivity contribution in [3.8, 4) is 0 Å². The molecule has 2 nitrogen and oxygen atoms in total. The van der Waals surface area contributed by atoms with E-state index in [9.17, 15) is 4.79 Å². The van der Waals surface area contributed by atoms with Crippen LogP contribution in [0.5, 0.6) is 0 Å². The predicted octanol–water partition coefficient (Wildman–Crippen LogP) is 1.41. The molecule has 2 rings (SSSR count). The number of nitrogens with zero attached hydrogens (tertiary/aromatic N) is 1. The van der Waals surface area contributed by atoms with Gasteiger partial charge in [0.25, 0.3) is 0 Å². The lowest BCUT2D eigenvalue weighted by molar-refractivity contribution is -0.135. The maximum atomic E-state index is 11.5. The average molecular weight is 153 g/mol. The second kappa shape index (κ2) is 2.23. The van der Waals surface area contributed by atoms with Gasteiger partial charge in [-0.15, -0.1) is 0 Å². The predicted molar refractivity (Wildman–Crippen MR) is 43.1 cm³/mol. The zero-order valence-corrected chi connectivity index (χ0v) is 7.21. The van der Waals surface area contributed by atoms with Crippen LogP contribution in [-0.4, -0.2) is 22.9 Å². The first-order chi connectivity index (χ1) is 5.20. The van der Waals surface area contributed by atoms with E-state index in [1.54, 1.807) is 0 Å². The monoisotopic (exact) mass is 153 g/mol. The molecule has 1 aliphatic heterocycles. The van der Waals surface area contributed by atoms with E-state index in [0.29, 0.717) is 23.9 Å². The van der Waals surface area contributed by atoms with Gasteiger partial charge in [0.05, 0.1) is 0 Å². The smallest absolute Gasteiger partial charge is 0.226 e. The van der Waals surface area contributed by atoms with E-state index >= 15 is 0 Å². The van der Waals surface area contributed by atoms with Crippen molar-refractivity contribution in [2.45, 2.75) is 45.2 Å². The Hall–Kier alpha value is -0.530. The fourth-order valence-electron chi connectivity index (χ4n) is 2.50. The van der Waals surface area contributed by atoms with Gasteiger partial charge < -0.3 is 4.90 Å². The largest absolute Gasteiger partial charge is 0.337 e. The number of carbonyl (C=O) groups is 1. The van der Waals surface area contributed by atoms with Crippen molar-refractivity contribution in [2.24, 2.45) is 5.92 Å². The van der Waals surface area contributed by atoms with Gasteiger partial charge in [-0.25, -0.2) is 0 Å². The summed E-state index contributed by atoms with van der Waals surface area (Å²) in [5.41, 5.74) is 0. The van der Waals surface area contributed by atoms with Crippen LogP contribution in [0.1, 0.15) is 33.1 Å². The number of hydrogen-bond donors (Lipinski definition) is 0. The van der Waals surface area contributed by atoms with Crippen LogP contribution >= 0.6 is 0 Å². The topological polar surface area (TPSA) is 20.3 Å². The van der Waals surface area contributed by atoms with E-state index in [0.717, 1.165) is 12.8 Å². The highest BCUT2D eigenvalue weighted by Crippen LogP contribution is 2.39. The zero-order chi connectivity index (χ0) is 8.01. The van der Waals surface area contributed by atoms with E-state index < -0.39 is 0 Å². The standard InChI is InChI=1S/C9H15NO/c1-6(2)10-8-4-3-7(5-8)9(10)11/h6-8H,3-5H2,1-2H3/t7-,8-/m0/s1. The zero-order valence-electron chi connectivity index (χ0n) is 7.21. The van der Waals surface area contributed by atoms with Gasteiger partial charge >= 0.3 is 0 Å². The molecule has 11 heavy (non-hydrogen) atoms. The summed E-state index contributed by atoms with van der Waals surface area (Å²) in [6.07, 6.45) is 3.53. The molecule has 1 heterocycles. The van der Waals surface area contributed by atoms with E-state index in [2.05, 4.69) is 18.7 Å². The Kier molecular flexibility index (Phi) is 1.44. The summed E-state index contributed by atoms with van der Waals surface area (Å²) < 4.78 is 0. The Labute approximate surface area is 67.6 Å². The Morgan fingerprint density at radius 3 is 2.55 bits per heavy atom. The van der Waals surface area contributed by atoms with Gasteiger partial charge in [-0.1, -0.05) is 0 Å². The minimum Gasteiger partial charge on any atom is -0.337 e. The molecule has 2 fully saturated rings. The third-order valence-corrected chi connectivity index (χ3v) is 2.96. The molecule has 2 bridgehead atoms. The third kappa shape index (κ3) is 0.883. The van der Waals surface area contributed by atoms with E-state index in [1.807, 2.05) is 0 Å². The van der Waals surface area contributed by atoms with Crippen molar-refractivity contribution in [1.29, 1.82) is 0 Å². The second-order valence-electron chi connectivity index (χ2n) is 4.00. The SMILES string of the molecule is CC(C)N1C(=O)[C@H]2CC[C@H]1C2. The summed E-state index contributed by atoms with van der Waals surface area (Å²) in [5, 5.41) is 0. The lowest BCUT2D eigenvalue weighted by atomic mass is 10.1. The molecule has 0 spiro atoms. The first-order valence-corrected chi connectivity index (χ1v) is 4.52. The Morgan fingerprint density at radius 2 is 2.18 bits per heavy atom. The maximum absolute atomic E-state index is 11.5. The molecule has 0 radical (unpaired) electrons. The van der Waals surface area contributed by atoms with Crippen molar-refractivity contribution >= 4 is 5.91 Å². The summed E-state index contributed by atoms with van der Waals surface area (Å²) >= 11 is 0. The molecule has 62 valence electrons. The van der Waals surface area contributed by atoms with Crippen molar-refractivity contribution in [3.63, 3.8) is 0 Å². The highest BCUT2D eigenvalue weighted by atomic mass is 16.2. The molecule has 1 aliphatic carbocycles. The third-order valence-electron chi connectivity index (χ3n) is 2.96. The average Bonchev–Trinajstić information content (AvgIpc) is 2.44. The number of piperidine rings is 1. The summed E-state index contributed by atoms with van der Waals surface area (Å²) in [6.45, 7) is 4.22. The van der Waals surface area contributed by atoms with Gasteiger partial charge in [0.1, 0.15) is 0 Å². The molecule has 1 saturated carbocycles. The van der Waals surface area contributed by atoms with Crippen LogP contribution in [0.2, 0.25) is 0 Å². The quantitative estimate of drug-likeness (QED) is 0.557. The molecular formula is C9H15NO. The number of hydrogen-bond acceptors (Lipinski definition) is 1. The van der Waals surface area contributed by atoms with Crippen LogP contribution in [0.15, 0.2) is 0 Å².